The van der Waals surface area contributed by atoms with Gasteiger partial charge < -0.3 is 10.2 Å². The molecule has 1 fully saturated rings. The molecule has 176 valence electrons. The first-order chi connectivity index (χ1) is 16.2. The molecule has 9 heteroatoms. The lowest BCUT2D eigenvalue weighted by Crippen LogP contribution is -2.63. The fourth-order valence-corrected chi connectivity index (χ4v) is 3.98. The van der Waals surface area contributed by atoms with E-state index in [0.29, 0.717) is 16.2 Å². The Morgan fingerprint density at radius 2 is 1.76 bits per heavy atom. The smallest absolute Gasteiger partial charge is 0.232 e. The summed E-state index contributed by atoms with van der Waals surface area (Å²) in [5.41, 5.74) is -0.377. The summed E-state index contributed by atoms with van der Waals surface area (Å²) in [5.74, 6) is 2.88. The van der Waals surface area contributed by atoms with E-state index in [1.165, 1.54) is 9.58 Å². The largest absolute Gasteiger partial charge is 0.394 e. The molecule has 7 nitrogen and oxygen atoms in total. The second-order valence-corrected chi connectivity index (χ2v) is 8.26. The lowest BCUT2D eigenvalue weighted by molar-refractivity contribution is -0.141. The normalized spacial score (nSPS) is 20.8. The van der Waals surface area contributed by atoms with Crippen LogP contribution in [0.4, 0.5) is 14.5 Å². The van der Waals surface area contributed by atoms with Crippen LogP contribution in [0.3, 0.4) is 0 Å². The molecule has 1 aromatic heterocycles. The highest BCUT2D eigenvalue weighted by molar-refractivity contribution is 5.95. The maximum atomic E-state index is 15.0. The first-order valence-corrected chi connectivity index (χ1v) is 10.7. The van der Waals surface area contributed by atoms with E-state index in [4.69, 9.17) is 5.11 Å². The molecule has 1 aliphatic heterocycles. The van der Waals surface area contributed by atoms with Crippen molar-refractivity contribution in [3.05, 3.63) is 83.2 Å². The molecule has 1 aliphatic rings. The fraction of sp³-hybridized carbons (Fsp3) is 0.280. The lowest BCUT2D eigenvalue weighted by atomic mass is 9.89. The van der Waals surface area contributed by atoms with Gasteiger partial charge in [-0.2, -0.15) is 5.10 Å². The molecule has 0 saturated carbocycles. The Balaban J connectivity index is 1.64. The molecular weight excluding hydrogens is 442 g/mol. The summed E-state index contributed by atoms with van der Waals surface area (Å²) < 4.78 is 31.6. The number of nitrogens with zero attached hydrogens (tertiary/aromatic N) is 4. The van der Waals surface area contributed by atoms with Crippen LogP contribution in [-0.2, 0) is 16.9 Å². The van der Waals surface area contributed by atoms with Gasteiger partial charge in [0.25, 0.3) is 0 Å². The van der Waals surface area contributed by atoms with Crippen molar-refractivity contribution in [2.45, 2.75) is 31.8 Å². The average molecular weight is 466 g/mol. The Morgan fingerprint density at radius 3 is 2.41 bits per heavy atom. The molecule has 2 heterocycles. The molecule has 3 aromatic rings. The molecule has 0 spiro atoms. The van der Waals surface area contributed by atoms with Crippen molar-refractivity contribution in [1.29, 1.82) is 0 Å². The molecule has 34 heavy (non-hydrogen) atoms. The molecule has 4 rings (SSSR count). The summed E-state index contributed by atoms with van der Waals surface area (Å²) >= 11 is 0. The quantitative estimate of drug-likeness (QED) is 0.578. The zero-order chi connectivity index (χ0) is 24.5. The van der Waals surface area contributed by atoms with Gasteiger partial charge in [-0.25, -0.2) is 8.78 Å². The van der Waals surface area contributed by atoms with Crippen molar-refractivity contribution in [1.82, 2.24) is 14.7 Å². The molecule has 0 aliphatic carbocycles. The van der Waals surface area contributed by atoms with Crippen LogP contribution in [0.2, 0.25) is 0 Å². The zero-order valence-corrected chi connectivity index (χ0v) is 18.7. The van der Waals surface area contributed by atoms with Gasteiger partial charge in [0.05, 0.1) is 30.8 Å². The van der Waals surface area contributed by atoms with Crippen molar-refractivity contribution in [2.75, 3.05) is 18.6 Å². The first-order valence-electron chi connectivity index (χ1n) is 10.7. The first kappa shape index (κ1) is 23.6. The van der Waals surface area contributed by atoms with E-state index in [0.717, 1.165) is 12.1 Å². The van der Waals surface area contributed by atoms with Crippen molar-refractivity contribution in [3.8, 4) is 11.8 Å². The molecule has 0 radical (unpaired) electrons. The summed E-state index contributed by atoms with van der Waals surface area (Å²) in [4.78, 5) is 15.2. The van der Waals surface area contributed by atoms with Gasteiger partial charge in [0.1, 0.15) is 5.69 Å². The van der Waals surface area contributed by atoms with Gasteiger partial charge in [-0.1, -0.05) is 30.0 Å². The van der Waals surface area contributed by atoms with Gasteiger partial charge in [0.2, 0.25) is 5.91 Å². The number of rotatable bonds is 4. The third kappa shape index (κ3) is 4.31. The van der Waals surface area contributed by atoms with Gasteiger partial charge in [-0.3, -0.25) is 19.3 Å². The van der Waals surface area contributed by atoms with Crippen molar-refractivity contribution < 1.29 is 23.8 Å². The summed E-state index contributed by atoms with van der Waals surface area (Å²) in [6, 6.07) is 12.8. The van der Waals surface area contributed by atoms with Gasteiger partial charge in [-0.05, 0) is 44.3 Å². The Labute approximate surface area is 195 Å². The second-order valence-electron chi connectivity index (χ2n) is 8.26. The van der Waals surface area contributed by atoms with Crippen molar-refractivity contribution >= 4 is 11.6 Å². The molecule has 2 N–H and O–H groups in total. The SMILES string of the molecule is CN1C(O)N(c2c(F)cc(C#Cc3ccccc3)cc2F)C(=O)C[C@@]1(C)c1ccn(CCO)n1. The van der Waals surface area contributed by atoms with Crippen LogP contribution in [0.5, 0.6) is 0 Å². The van der Waals surface area contributed by atoms with E-state index >= 15 is 8.78 Å². The highest BCUT2D eigenvalue weighted by Gasteiger charge is 2.49. The Morgan fingerprint density at radius 1 is 1.12 bits per heavy atom. The van der Waals surface area contributed by atoms with E-state index in [1.807, 2.05) is 6.07 Å². The van der Waals surface area contributed by atoms with E-state index in [9.17, 15) is 9.90 Å². The fourth-order valence-electron chi connectivity index (χ4n) is 3.98. The van der Waals surface area contributed by atoms with E-state index in [1.54, 1.807) is 50.5 Å². The van der Waals surface area contributed by atoms with Crippen molar-refractivity contribution in [2.24, 2.45) is 0 Å². The van der Waals surface area contributed by atoms with Crippen LogP contribution in [0.25, 0.3) is 0 Å². The Kier molecular flexibility index (Phi) is 6.48. The van der Waals surface area contributed by atoms with Crippen LogP contribution in [0.15, 0.2) is 54.7 Å². The zero-order valence-electron chi connectivity index (χ0n) is 18.7. The van der Waals surface area contributed by atoms with Crippen LogP contribution in [0, 0.1) is 23.5 Å². The highest BCUT2D eigenvalue weighted by atomic mass is 19.1. The molecular formula is C25H24F2N4O3. The summed E-state index contributed by atoms with van der Waals surface area (Å²) in [6.07, 6.45) is -0.160. The van der Waals surface area contributed by atoms with Gasteiger partial charge in [0, 0.05) is 17.3 Å². The lowest BCUT2D eigenvalue weighted by Gasteiger charge is -2.48. The number of halogens is 2. The number of aromatic nitrogens is 2. The van der Waals surface area contributed by atoms with Gasteiger partial charge in [0.15, 0.2) is 18.0 Å². The Bertz CT molecular complexity index is 1240. The monoisotopic (exact) mass is 466 g/mol. The van der Waals surface area contributed by atoms with Gasteiger partial charge >= 0.3 is 0 Å². The third-order valence-corrected chi connectivity index (χ3v) is 6.02. The Hall–Kier alpha value is -3.58. The number of aliphatic hydroxyl groups excluding tert-OH is 2. The third-order valence-electron chi connectivity index (χ3n) is 6.02. The number of hydrogen-bond donors (Lipinski definition) is 2. The molecule has 1 amide bonds. The highest BCUT2D eigenvalue weighted by Crippen LogP contribution is 2.39. The van der Waals surface area contributed by atoms with Crippen LogP contribution >= 0.6 is 0 Å². The minimum atomic E-state index is -1.64. The van der Waals surface area contributed by atoms with E-state index < -0.39 is 35.1 Å². The van der Waals surface area contributed by atoms with Crippen LogP contribution in [-0.4, -0.2) is 50.8 Å². The average Bonchev–Trinajstić information content (AvgIpc) is 3.28. The molecule has 2 aromatic carbocycles. The number of benzene rings is 2. The number of amides is 1. The van der Waals surface area contributed by atoms with Crippen molar-refractivity contribution in [3.63, 3.8) is 0 Å². The molecule has 0 bridgehead atoms. The predicted molar refractivity (Wildman–Crippen MR) is 121 cm³/mol. The molecule has 1 saturated heterocycles. The van der Waals surface area contributed by atoms with Gasteiger partial charge in [-0.15, -0.1) is 0 Å². The standard InChI is InChI=1S/C25H24F2N4O3/c1-25(21-10-11-30(28-21)12-13-32)16-22(33)31(24(34)29(25)2)23-19(26)14-18(15-20(23)27)9-8-17-6-4-3-5-7-17/h3-7,10-11,14-15,24,32,34H,12-13,16H2,1-2H3/t24?,25-/m0/s1. The van der Waals surface area contributed by atoms with Crippen LogP contribution in [0.1, 0.15) is 30.2 Å². The molecule has 1 unspecified atom stereocenters. The topological polar surface area (TPSA) is 81.8 Å². The number of carbonyl (C=O) groups is 1. The minimum Gasteiger partial charge on any atom is -0.394 e. The van der Waals surface area contributed by atoms with E-state index in [-0.39, 0.29) is 25.1 Å². The summed E-state index contributed by atoms with van der Waals surface area (Å²) in [6.45, 7) is 1.89. The number of anilines is 1. The van der Waals surface area contributed by atoms with Crippen LogP contribution < -0.4 is 4.90 Å². The van der Waals surface area contributed by atoms with E-state index in [2.05, 4.69) is 16.9 Å². The predicted octanol–water partition coefficient (Wildman–Crippen LogP) is 2.41. The second kappa shape index (κ2) is 9.35. The number of carbonyl (C=O) groups excluding carboxylic acids is 1. The summed E-state index contributed by atoms with van der Waals surface area (Å²) in [7, 11) is 1.55. The maximum Gasteiger partial charge on any atom is 0.232 e. The number of aliphatic hydroxyl groups is 2. The number of hydrogen-bond acceptors (Lipinski definition) is 5. The maximum absolute atomic E-state index is 15.0. The molecule has 2 atom stereocenters. The summed E-state index contributed by atoms with van der Waals surface area (Å²) in [5, 5.41) is 24.4. The minimum absolute atomic E-state index is 0.104.